The molecule has 0 aromatic carbocycles. The molecule has 0 amide bonds. The highest BCUT2D eigenvalue weighted by atomic mass is 16.5. The molecule has 3 rings (SSSR count). The summed E-state index contributed by atoms with van der Waals surface area (Å²) in [7, 11) is 0. The fourth-order valence-corrected chi connectivity index (χ4v) is 1.61. The number of fused-ring (bicyclic) bond motifs is 1. The van der Waals surface area contributed by atoms with Crippen molar-refractivity contribution in [2.45, 2.75) is 25.0 Å². The summed E-state index contributed by atoms with van der Waals surface area (Å²) in [6.45, 7) is 0. The Kier molecular flexibility index (Phi) is 1.78. The van der Waals surface area contributed by atoms with Gasteiger partial charge in [-0.1, -0.05) is 0 Å². The Morgan fingerprint density at radius 1 is 1.40 bits per heavy atom. The lowest BCUT2D eigenvalue weighted by Crippen LogP contribution is -2.43. The van der Waals surface area contributed by atoms with E-state index in [4.69, 9.17) is 10.5 Å². The highest BCUT2D eigenvalue weighted by molar-refractivity contribution is 5.34. The lowest BCUT2D eigenvalue weighted by Gasteiger charge is -2.32. The van der Waals surface area contributed by atoms with Gasteiger partial charge in [-0.25, -0.2) is 0 Å². The van der Waals surface area contributed by atoms with Gasteiger partial charge in [0, 0.05) is 6.04 Å². The molecule has 0 unspecified atom stereocenters. The second-order valence-corrected chi connectivity index (χ2v) is 3.67. The van der Waals surface area contributed by atoms with E-state index in [2.05, 4.69) is 20.5 Å². The number of hydrogen-bond acceptors (Lipinski definition) is 6. The Morgan fingerprint density at radius 3 is 3.07 bits per heavy atom. The molecule has 15 heavy (non-hydrogen) atoms. The second-order valence-electron chi connectivity index (χ2n) is 3.67. The van der Waals surface area contributed by atoms with Crippen molar-refractivity contribution in [3.63, 3.8) is 0 Å². The molecule has 1 aliphatic rings. The second kappa shape index (κ2) is 3.13. The van der Waals surface area contributed by atoms with Gasteiger partial charge in [0.2, 0.25) is 11.5 Å². The minimum absolute atomic E-state index is 0.164. The number of hydrogen-bond donors (Lipinski definition) is 1. The molecule has 7 nitrogen and oxygen atoms in total. The van der Waals surface area contributed by atoms with Crippen molar-refractivity contribution < 1.29 is 4.74 Å². The van der Waals surface area contributed by atoms with Crippen molar-refractivity contribution in [3.8, 4) is 5.88 Å². The number of rotatable bonds is 2. The number of tetrazole rings is 1. The average Bonchev–Trinajstić information content (AvgIpc) is 2.64. The first-order chi connectivity index (χ1) is 7.33. The lowest BCUT2D eigenvalue weighted by atomic mass is 9.90. The topological polar surface area (TPSA) is 91.2 Å². The van der Waals surface area contributed by atoms with Crippen LogP contribution in [0.25, 0.3) is 5.65 Å². The minimum atomic E-state index is 0.164. The SMILES string of the molecule is NC1CC(Oc2cncc3nnnn23)C1. The van der Waals surface area contributed by atoms with E-state index >= 15 is 0 Å². The van der Waals surface area contributed by atoms with Crippen LogP contribution in [0.5, 0.6) is 5.88 Å². The van der Waals surface area contributed by atoms with Crippen LogP contribution in [0.1, 0.15) is 12.8 Å². The minimum Gasteiger partial charge on any atom is -0.473 e. The van der Waals surface area contributed by atoms with Crippen molar-refractivity contribution in [2.75, 3.05) is 0 Å². The zero-order valence-corrected chi connectivity index (χ0v) is 7.95. The van der Waals surface area contributed by atoms with E-state index in [0.717, 1.165) is 12.8 Å². The molecule has 7 heteroatoms. The predicted octanol–water partition coefficient (Wildman–Crippen LogP) is -0.612. The monoisotopic (exact) mass is 206 g/mol. The third-order valence-corrected chi connectivity index (χ3v) is 2.50. The zero-order valence-electron chi connectivity index (χ0n) is 7.95. The van der Waals surface area contributed by atoms with Crippen LogP contribution in [0, 0.1) is 0 Å². The number of nitrogens with zero attached hydrogens (tertiary/aromatic N) is 5. The molecule has 0 aliphatic heterocycles. The van der Waals surface area contributed by atoms with Gasteiger partial charge in [0.1, 0.15) is 6.10 Å². The molecule has 1 aliphatic carbocycles. The standard InChI is InChI=1S/C8H10N6O/c9-5-1-6(2-5)15-8-4-10-3-7-11-12-13-14(7)8/h3-6H,1-2,9H2. The maximum atomic E-state index is 5.67. The van der Waals surface area contributed by atoms with Crippen molar-refractivity contribution in [2.24, 2.45) is 5.73 Å². The molecule has 0 bridgehead atoms. The van der Waals surface area contributed by atoms with Crippen LogP contribution in [-0.2, 0) is 0 Å². The first-order valence-electron chi connectivity index (χ1n) is 4.77. The molecular formula is C8H10N6O. The van der Waals surface area contributed by atoms with E-state index in [1.807, 2.05) is 0 Å². The molecule has 0 atom stereocenters. The summed E-state index contributed by atoms with van der Waals surface area (Å²) in [6, 6.07) is 0.260. The normalized spacial score (nSPS) is 25.1. The van der Waals surface area contributed by atoms with Crippen LogP contribution < -0.4 is 10.5 Å². The Balaban J connectivity index is 1.87. The van der Waals surface area contributed by atoms with Crippen molar-refractivity contribution in [1.82, 2.24) is 25.0 Å². The average molecular weight is 206 g/mol. The number of nitrogens with two attached hydrogens (primary N) is 1. The lowest BCUT2D eigenvalue weighted by molar-refractivity contribution is 0.0925. The third kappa shape index (κ3) is 1.40. The molecule has 2 aromatic heterocycles. The molecule has 1 fully saturated rings. The summed E-state index contributed by atoms with van der Waals surface area (Å²) >= 11 is 0. The van der Waals surface area contributed by atoms with E-state index in [1.54, 1.807) is 12.4 Å². The van der Waals surface area contributed by atoms with Crippen molar-refractivity contribution >= 4 is 5.65 Å². The van der Waals surface area contributed by atoms with E-state index in [-0.39, 0.29) is 12.1 Å². The molecule has 2 heterocycles. The fourth-order valence-electron chi connectivity index (χ4n) is 1.61. The van der Waals surface area contributed by atoms with Crippen LogP contribution in [0.4, 0.5) is 0 Å². The Bertz CT molecular complexity index is 477. The van der Waals surface area contributed by atoms with Crippen LogP contribution in [-0.4, -0.2) is 37.2 Å². The molecular weight excluding hydrogens is 196 g/mol. The van der Waals surface area contributed by atoms with Gasteiger partial charge < -0.3 is 10.5 Å². The summed E-state index contributed by atoms with van der Waals surface area (Å²) in [5.41, 5.74) is 6.25. The van der Waals surface area contributed by atoms with Gasteiger partial charge >= 0.3 is 0 Å². The first-order valence-corrected chi connectivity index (χ1v) is 4.77. The molecule has 2 N–H and O–H groups in total. The summed E-state index contributed by atoms with van der Waals surface area (Å²) in [5.74, 6) is 0.564. The predicted molar refractivity (Wildman–Crippen MR) is 50.2 cm³/mol. The summed E-state index contributed by atoms with van der Waals surface area (Å²) in [5, 5.41) is 11.1. The first kappa shape index (κ1) is 8.54. The van der Waals surface area contributed by atoms with Crippen LogP contribution in [0.3, 0.4) is 0 Å². The van der Waals surface area contributed by atoms with Crippen molar-refractivity contribution in [3.05, 3.63) is 12.4 Å². The van der Waals surface area contributed by atoms with Gasteiger partial charge in [0.15, 0.2) is 0 Å². The van der Waals surface area contributed by atoms with Crippen molar-refractivity contribution in [1.29, 1.82) is 0 Å². The van der Waals surface area contributed by atoms with Crippen LogP contribution in [0.2, 0.25) is 0 Å². The van der Waals surface area contributed by atoms with Crippen LogP contribution >= 0.6 is 0 Å². The summed E-state index contributed by atoms with van der Waals surface area (Å²) in [6.07, 6.45) is 5.10. The summed E-state index contributed by atoms with van der Waals surface area (Å²) in [4.78, 5) is 4.00. The number of aromatic nitrogens is 5. The molecule has 2 aromatic rings. The third-order valence-electron chi connectivity index (χ3n) is 2.50. The van der Waals surface area contributed by atoms with E-state index < -0.39 is 0 Å². The van der Waals surface area contributed by atoms with Gasteiger partial charge in [-0.05, 0) is 23.3 Å². The highest BCUT2D eigenvalue weighted by Gasteiger charge is 2.28. The maximum absolute atomic E-state index is 5.67. The molecule has 0 spiro atoms. The molecule has 0 saturated heterocycles. The van der Waals surface area contributed by atoms with E-state index in [0.29, 0.717) is 11.5 Å². The Hall–Kier alpha value is -1.76. The van der Waals surface area contributed by atoms with Crippen LogP contribution in [0.15, 0.2) is 12.4 Å². The van der Waals surface area contributed by atoms with Gasteiger partial charge in [0.25, 0.3) is 0 Å². The fraction of sp³-hybridized carbons (Fsp3) is 0.500. The Morgan fingerprint density at radius 2 is 2.27 bits per heavy atom. The smallest absolute Gasteiger partial charge is 0.237 e. The maximum Gasteiger partial charge on any atom is 0.237 e. The van der Waals surface area contributed by atoms with Gasteiger partial charge in [-0.3, -0.25) is 4.98 Å². The highest BCUT2D eigenvalue weighted by Crippen LogP contribution is 2.23. The van der Waals surface area contributed by atoms with Gasteiger partial charge in [0.05, 0.1) is 12.4 Å². The largest absolute Gasteiger partial charge is 0.473 e. The van der Waals surface area contributed by atoms with E-state index in [1.165, 1.54) is 4.52 Å². The number of ether oxygens (including phenoxy) is 1. The quantitative estimate of drug-likeness (QED) is 0.704. The van der Waals surface area contributed by atoms with Gasteiger partial charge in [-0.2, -0.15) is 4.52 Å². The molecule has 78 valence electrons. The Labute approximate surface area is 85.2 Å². The molecule has 0 radical (unpaired) electrons. The zero-order chi connectivity index (χ0) is 10.3. The summed E-state index contributed by atoms with van der Waals surface area (Å²) < 4.78 is 7.19. The van der Waals surface area contributed by atoms with Gasteiger partial charge in [-0.15, -0.1) is 5.10 Å². The van der Waals surface area contributed by atoms with E-state index in [9.17, 15) is 0 Å². The molecule has 1 saturated carbocycles.